The number of nitrogens with one attached hydrogen (secondary N) is 1. The summed E-state index contributed by atoms with van der Waals surface area (Å²) < 4.78 is 5.15. The van der Waals surface area contributed by atoms with Crippen LogP contribution in [0.25, 0.3) is 0 Å². The summed E-state index contributed by atoms with van der Waals surface area (Å²) in [6, 6.07) is 0. The number of amides is 3. The number of imide groups is 1. The minimum atomic E-state index is -1.95. The zero-order chi connectivity index (χ0) is 23.2. The first kappa shape index (κ1) is 24.8. The number of carbonyl (C=O) groups is 5. The van der Waals surface area contributed by atoms with E-state index in [0.29, 0.717) is 30.7 Å². The van der Waals surface area contributed by atoms with E-state index in [1.165, 1.54) is 0 Å². The molecule has 1 aliphatic heterocycles. The van der Waals surface area contributed by atoms with Crippen molar-refractivity contribution in [3.8, 4) is 0 Å². The number of nitrogens with zero attached hydrogens (tertiary/aromatic N) is 1. The molecule has 0 radical (unpaired) electrons. The van der Waals surface area contributed by atoms with Crippen LogP contribution in [0.2, 0.25) is 0 Å². The highest BCUT2D eigenvalue weighted by Gasteiger charge is 2.48. The Balaban J connectivity index is 1.97. The molecule has 31 heavy (non-hydrogen) atoms. The quantitative estimate of drug-likeness (QED) is 0.314. The van der Waals surface area contributed by atoms with Crippen LogP contribution in [-0.2, 0) is 28.8 Å². The van der Waals surface area contributed by atoms with Gasteiger partial charge in [-0.15, -0.1) is 5.06 Å². The Labute approximate surface area is 182 Å². The molecule has 1 heterocycles. The van der Waals surface area contributed by atoms with Gasteiger partial charge in [0.2, 0.25) is 0 Å². The van der Waals surface area contributed by atoms with E-state index in [-0.39, 0.29) is 31.7 Å². The largest absolute Gasteiger partial charge is 0.444 e. The highest BCUT2D eigenvalue weighted by Crippen LogP contribution is 2.31. The number of hydrogen-bond donors (Lipinski definition) is 2. The maximum absolute atomic E-state index is 13.1. The van der Waals surface area contributed by atoms with Crippen molar-refractivity contribution < 1.29 is 33.5 Å². The SMILES string of the molecule is CC(C)(C)OC(=O)NCCCC[C@](N)(C(=O)ON1C(=O)CCC1=O)C(=O)C1CCCC1. The molecule has 10 nitrogen and oxygen atoms in total. The van der Waals surface area contributed by atoms with E-state index in [0.717, 1.165) is 12.8 Å². The van der Waals surface area contributed by atoms with E-state index in [9.17, 15) is 24.0 Å². The van der Waals surface area contributed by atoms with Gasteiger partial charge in [-0.25, -0.2) is 9.59 Å². The predicted octanol–water partition coefficient (Wildman–Crippen LogP) is 1.75. The summed E-state index contributed by atoms with van der Waals surface area (Å²) >= 11 is 0. The van der Waals surface area contributed by atoms with E-state index in [1.54, 1.807) is 20.8 Å². The third-order valence-electron chi connectivity index (χ3n) is 5.38. The van der Waals surface area contributed by atoms with E-state index >= 15 is 0 Å². The van der Waals surface area contributed by atoms with Crippen LogP contribution in [0.15, 0.2) is 0 Å². The summed E-state index contributed by atoms with van der Waals surface area (Å²) in [5.74, 6) is -3.11. The van der Waals surface area contributed by atoms with Gasteiger partial charge in [-0.3, -0.25) is 14.4 Å². The molecule has 1 aliphatic carbocycles. The number of ether oxygens (including phenoxy) is 1. The van der Waals surface area contributed by atoms with Crippen molar-refractivity contribution in [2.24, 2.45) is 11.7 Å². The fourth-order valence-corrected chi connectivity index (χ4v) is 3.73. The summed E-state index contributed by atoms with van der Waals surface area (Å²) in [4.78, 5) is 66.2. The molecule has 1 atom stereocenters. The standard InChI is InChI=1S/C21H33N3O7/c1-20(2,3)30-19(29)23-13-7-6-12-21(22,17(27)14-8-4-5-9-14)18(28)31-24-15(25)10-11-16(24)26/h14H,4-13,22H2,1-3H3,(H,23,29)/t21-/m1/s1. The van der Waals surface area contributed by atoms with Crippen molar-refractivity contribution in [3.63, 3.8) is 0 Å². The number of alkyl carbamates (subject to hydrolysis) is 1. The molecule has 0 aromatic heterocycles. The van der Waals surface area contributed by atoms with Crippen LogP contribution in [0, 0.1) is 5.92 Å². The monoisotopic (exact) mass is 439 g/mol. The number of unbranched alkanes of at least 4 members (excludes halogenated alkanes) is 1. The molecule has 2 rings (SSSR count). The Bertz CT molecular complexity index is 709. The number of carbonyl (C=O) groups excluding carboxylic acids is 5. The van der Waals surface area contributed by atoms with Gasteiger partial charge in [0.15, 0.2) is 11.3 Å². The number of ketones is 1. The van der Waals surface area contributed by atoms with Crippen LogP contribution in [0.5, 0.6) is 0 Å². The molecular weight excluding hydrogens is 406 g/mol. The molecule has 174 valence electrons. The van der Waals surface area contributed by atoms with Crippen molar-refractivity contribution in [2.75, 3.05) is 6.54 Å². The Morgan fingerprint density at radius 1 is 1.06 bits per heavy atom. The van der Waals surface area contributed by atoms with Gasteiger partial charge in [0.25, 0.3) is 11.8 Å². The fourth-order valence-electron chi connectivity index (χ4n) is 3.73. The van der Waals surface area contributed by atoms with Gasteiger partial charge in [0.05, 0.1) is 0 Å². The van der Waals surface area contributed by atoms with Gasteiger partial charge >= 0.3 is 12.1 Å². The van der Waals surface area contributed by atoms with Gasteiger partial charge in [0, 0.05) is 25.3 Å². The maximum atomic E-state index is 13.1. The summed E-state index contributed by atoms with van der Waals surface area (Å²) in [6.07, 6.45) is 3.18. The molecule has 2 fully saturated rings. The van der Waals surface area contributed by atoms with E-state index in [4.69, 9.17) is 15.3 Å². The van der Waals surface area contributed by atoms with Gasteiger partial charge in [-0.1, -0.05) is 12.8 Å². The minimum Gasteiger partial charge on any atom is -0.444 e. The lowest BCUT2D eigenvalue weighted by molar-refractivity contribution is -0.202. The third-order valence-corrected chi connectivity index (χ3v) is 5.38. The second-order valence-electron chi connectivity index (χ2n) is 9.16. The van der Waals surface area contributed by atoms with Gasteiger partial charge < -0.3 is 20.6 Å². The lowest BCUT2D eigenvalue weighted by atomic mass is 9.82. The molecular formula is C21H33N3O7. The first-order valence-electron chi connectivity index (χ1n) is 10.8. The highest BCUT2D eigenvalue weighted by molar-refractivity contribution is 6.10. The summed E-state index contributed by atoms with van der Waals surface area (Å²) in [7, 11) is 0. The lowest BCUT2D eigenvalue weighted by Gasteiger charge is -2.29. The van der Waals surface area contributed by atoms with Crippen LogP contribution >= 0.6 is 0 Å². The smallest absolute Gasteiger partial charge is 0.407 e. The second kappa shape index (κ2) is 10.2. The minimum absolute atomic E-state index is 0.0205. The van der Waals surface area contributed by atoms with Crippen molar-refractivity contribution in [3.05, 3.63) is 0 Å². The number of Topliss-reactive ketones (excluding diaryl/α,β-unsaturated/α-hetero) is 1. The summed E-state index contributed by atoms with van der Waals surface area (Å²) in [6.45, 7) is 5.54. The van der Waals surface area contributed by atoms with E-state index in [2.05, 4.69) is 5.32 Å². The van der Waals surface area contributed by atoms with Crippen molar-refractivity contribution >= 4 is 29.7 Å². The maximum Gasteiger partial charge on any atom is 0.407 e. The van der Waals surface area contributed by atoms with Crippen LogP contribution in [0.1, 0.15) is 78.6 Å². The van der Waals surface area contributed by atoms with Crippen LogP contribution in [-0.4, -0.2) is 52.4 Å². The van der Waals surface area contributed by atoms with Crippen molar-refractivity contribution in [1.29, 1.82) is 0 Å². The Hall–Kier alpha value is -2.49. The summed E-state index contributed by atoms with van der Waals surface area (Å²) in [5, 5.41) is 3.02. The predicted molar refractivity (Wildman–Crippen MR) is 109 cm³/mol. The zero-order valence-corrected chi connectivity index (χ0v) is 18.5. The topological polar surface area (TPSA) is 145 Å². The Kier molecular flexibility index (Phi) is 8.16. The molecule has 0 bridgehead atoms. The van der Waals surface area contributed by atoms with Crippen molar-refractivity contribution in [2.45, 2.75) is 89.7 Å². The van der Waals surface area contributed by atoms with Gasteiger partial charge in [-0.2, -0.15) is 0 Å². The second-order valence-corrected chi connectivity index (χ2v) is 9.16. The molecule has 0 aromatic rings. The van der Waals surface area contributed by atoms with Crippen LogP contribution < -0.4 is 11.1 Å². The molecule has 3 amide bonds. The molecule has 10 heteroatoms. The van der Waals surface area contributed by atoms with Gasteiger partial charge in [0.1, 0.15) is 5.60 Å². The first-order chi connectivity index (χ1) is 14.4. The highest BCUT2D eigenvalue weighted by atomic mass is 16.7. The van der Waals surface area contributed by atoms with Crippen LogP contribution in [0.3, 0.4) is 0 Å². The molecule has 0 spiro atoms. The number of rotatable bonds is 9. The Morgan fingerprint density at radius 3 is 2.19 bits per heavy atom. The molecule has 3 N–H and O–H groups in total. The number of hydroxylamine groups is 2. The number of hydrogen-bond acceptors (Lipinski definition) is 8. The lowest BCUT2D eigenvalue weighted by Crippen LogP contribution is -2.59. The normalized spacial score (nSPS) is 19.3. The molecule has 1 saturated carbocycles. The fraction of sp³-hybridized carbons (Fsp3) is 0.762. The zero-order valence-electron chi connectivity index (χ0n) is 18.5. The Morgan fingerprint density at radius 2 is 1.65 bits per heavy atom. The average Bonchev–Trinajstić information content (AvgIpc) is 3.31. The van der Waals surface area contributed by atoms with Crippen LogP contribution in [0.4, 0.5) is 4.79 Å². The van der Waals surface area contributed by atoms with E-state index in [1.807, 2.05) is 0 Å². The molecule has 1 saturated heterocycles. The first-order valence-corrected chi connectivity index (χ1v) is 10.8. The number of nitrogens with two attached hydrogens (primary N) is 1. The van der Waals surface area contributed by atoms with Gasteiger partial charge in [-0.05, 0) is 52.9 Å². The molecule has 0 unspecified atom stereocenters. The third kappa shape index (κ3) is 6.75. The molecule has 0 aromatic carbocycles. The molecule has 2 aliphatic rings. The average molecular weight is 440 g/mol. The van der Waals surface area contributed by atoms with E-state index < -0.39 is 40.8 Å². The summed E-state index contributed by atoms with van der Waals surface area (Å²) in [5.41, 5.74) is 3.71. The van der Waals surface area contributed by atoms with Crippen molar-refractivity contribution in [1.82, 2.24) is 10.4 Å².